The fraction of sp³-hybridized carbons (Fsp3) is 0.909. The van der Waals surface area contributed by atoms with Crippen LogP contribution in [0.1, 0.15) is 26.7 Å². The van der Waals surface area contributed by atoms with E-state index in [0.717, 1.165) is 0 Å². The van der Waals surface area contributed by atoms with Crippen molar-refractivity contribution in [3.05, 3.63) is 0 Å². The molecule has 0 aromatic heterocycles. The van der Waals surface area contributed by atoms with Crippen molar-refractivity contribution in [3.8, 4) is 0 Å². The fourth-order valence-electron chi connectivity index (χ4n) is 1.49. The van der Waals surface area contributed by atoms with Gasteiger partial charge in [-0.15, -0.1) is 0 Å². The summed E-state index contributed by atoms with van der Waals surface area (Å²) in [5.41, 5.74) is -0.688. The highest BCUT2D eigenvalue weighted by molar-refractivity contribution is 5.76. The Morgan fingerprint density at radius 3 is 2.19 bits per heavy atom. The minimum absolute atomic E-state index is 0.0286. The van der Waals surface area contributed by atoms with Crippen molar-refractivity contribution in [2.45, 2.75) is 38.3 Å². The Hall–Kier alpha value is -0.650. The van der Waals surface area contributed by atoms with Gasteiger partial charge in [0.25, 0.3) is 0 Å². The number of rotatable bonds is 7. The van der Waals surface area contributed by atoms with E-state index in [9.17, 15) is 15.0 Å². The van der Waals surface area contributed by atoms with Gasteiger partial charge in [-0.2, -0.15) is 0 Å². The van der Waals surface area contributed by atoms with Gasteiger partial charge in [-0.1, -0.05) is 6.92 Å². The minimum atomic E-state index is -0.688. The van der Waals surface area contributed by atoms with Crippen molar-refractivity contribution < 1.29 is 15.0 Å². The molecule has 0 radical (unpaired) electrons. The molecule has 0 aliphatic rings. The van der Waals surface area contributed by atoms with Crippen molar-refractivity contribution in [2.24, 2.45) is 0 Å². The first-order chi connectivity index (χ1) is 7.40. The molecule has 96 valence electrons. The lowest BCUT2D eigenvalue weighted by atomic mass is 9.96. The number of nitrogens with zero attached hydrogens (tertiary/aromatic N) is 1. The average Bonchev–Trinajstić information content (AvgIpc) is 2.26. The molecular formula is C11H24N2O3. The molecule has 0 saturated heterocycles. The molecule has 0 bridgehead atoms. The number of aliphatic hydroxyl groups excluding tert-OH is 2. The first-order valence-electron chi connectivity index (χ1n) is 5.60. The van der Waals surface area contributed by atoms with Gasteiger partial charge in [0, 0.05) is 26.6 Å². The number of aliphatic hydroxyl groups is 2. The monoisotopic (exact) mass is 232 g/mol. The van der Waals surface area contributed by atoms with E-state index in [1.165, 1.54) is 4.90 Å². The first-order valence-corrected chi connectivity index (χ1v) is 5.60. The van der Waals surface area contributed by atoms with E-state index in [1.54, 1.807) is 14.1 Å². The molecule has 3 N–H and O–H groups in total. The van der Waals surface area contributed by atoms with E-state index in [2.05, 4.69) is 5.32 Å². The van der Waals surface area contributed by atoms with Gasteiger partial charge in [0.05, 0.1) is 18.8 Å². The van der Waals surface area contributed by atoms with Crippen LogP contribution in [0, 0.1) is 0 Å². The zero-order valence-corrected chi connectivity index (χ0v) is 10.7. The van der Waals surface area contributed by atoms with Gasteiger partial charge in [0.2, 0.25) is 5.91 Å². The summed E-state index contributed by atoms with van der Waals surface area (Å²) in [6.45, 7) is 3.48. The van der Waals surface area contributed by atoms with Crippen LogP contribution in [-0.4, -0.2) is 59.9 Å². The van der Waals surface area contributed by atoms with Crippen LogP contribution in [0.5, 0.6) is 0 Å². The maximum atomic E-state index is 11.5. The van der Waals surface area contributed by atoms with E-state index < -0.39 is 5.54 Å². The molecule has 0 aliphatic heterocycles. The number of amides is 1. The number of carbonyl (C=O) groups excluding carboxylic acids is 1. The Bertz CT molecular complexity index is 207. The zero-order chi connectivity index (χ0) is 12.8. The third-order valence-corrected chi connectivity index (χ3v) is 2.81. The maximum Gasteiger partial charge on any atom is 0.223 e. The highest BCUT2D eigenvalue weighted by Crippen LogP contribution is 2.11. The van der Waals surface area contributed by atoms with Crippen LogP contribution >= 0.6 is 0 Å². The average molecular weight is 232 g/mol. The van der Waals surface area contributed by atoms with Crippen molar-refractivity contribution in [2.75, 3.05) is 27.3 Å². The quantitative estimate of drug-likeness (QED) is 0.557. The van der Waals surface area contributed by atoms with Crippen LogP contribution in [-0.2, 0) is 4.79 Å². The van der Waals surface area contributed by atoms with Crippen molar-refractivity contribution in [3.63, 3.8) is 0 Å². The van der Waals surface area contributed by atoms with Gasteiger partial charge in [0.1, 0.15) is 0 Å². The summed E-state index contributed by atoms with van der Waals surface area (Å²) in [5.74, 6) is 0.0286. The standard InChI is InChI=1S/C11H24N2O3/c1-5-11(7-14,8-15)12-9(2)6-10(16)13(3)4/h9,12,14-15H,5-8H2,1-4H3. The lowest BCUT2D eigenvalue weighted by molar-refractivity contribution is -0.129. The lowest BCUT2D eigenvalue weighted by Crippen LogP contribution is -2.55. The molecule has 1 amide bonds. The van der Waals surface area contributed by atoms with E-state index >= 15 is 0 Å². The Labute approximate surface area is 97.4 Å². The molecule has 0 aromatic carbocycles. The van der Waals surface area contributed by atoms with Crippen LogP contribution in [0.25, 0.3) is 0 Å². The largest absolute Gasteiger partial charge is 0.394 e. The van der Waals surface area contributed by atoms with Gasteiger partial charge in [-0.25, -0.2) is 0 Å². The molecule has 1 unspecified atom stereocenters. The van der Waals surface area contributed by atoms with Gasteiger partial charge in [-0.05, 0) is 13.3 Å². The van der Waals surface area contributed by atoms with E-state index in [0.29, 0.717) is 12.8 Å². The van der Waals surface area contributed by atoms with Crippen LogP contribution in [0.15, 0.2) is 0 Å². The van der Waals surface area contributed by atoms with Gasteiger partial charge in [-0.3, -0.25) is 4.79 Å². The molecule has 0 heterocycles. The molecule has 5 nitrogen and oxygen atoms in total. The Morgan fingerprint density at radius 1 is 1.38 bits per heavy atom. The number of carbonyl (C=O) groups is 1. The van der Waals surface area contributed by atoms with Crippen molar-refractivity contribution in [1.29, 1.82) is 0 Å². The fourth-order valence-corrected chi connectivity index (χ4v) is 1.49. The van der Waals surface area contributed by atoms with Crippen LogP contribution < -0.4 is 5.32 Å². The molecule has 5 heteroatoms. The Morgan fingerprint density at radius 2 is 1.88 bits per heavy atom. The van der Waals surface area contributed by atoms with E-state index in [4.69, 9.17) is 0 Å². The zero-order valence-electron chi connectivity index (χ0n) is 10.7. The molecule has 0 rings (SSSR count). The third-order valence-electron chi connectivity index (χ3n) is 2.81. The van der Waals surface area contributed by atoms with Crippen molar-refractivity contribution in [1.82, 2.24) is 10.2 Å². The topological polar surface area (TPSA) is 72.8 Å². The van der Waals surface area contributed by atoms with Gasteiger partial charge >= 0.3 is 0 Å². The predicted octanol–water partition coefficient (Wildman–Crippen LogP) is -0.424. The summed E-state index contributed by atoms with van der Waals surface area (Å²) >= 11 is 0. The second-order valence-electron chi connectivity index (χ2n) is 4.49. The van der Waals surface area contributed by atoms with Crippen LogP contribution in [0.2, 0.25) is 0 Å². The second-order valence-corrected chi connectivity index (χ2v) is 4.49. The normalized spacial score (nSPS) is 13.6. The summed E-state index contributed by atoms with van der Waals surface area (Å²) in [6, 6.07) is -0.0749. The summed E-state index contributed by atoms with van der Waals surface area (Å²) in [7, 11) is 3.42. The highest BCUT2D eigenvalue weighted by Gasteiger charge is 2.28. The summed E-state index contributed by atoms with van der Waals surface area (Å²) in [6.07, 6.45) is 0.968. The minimum Gasteiger partial charge on any atom is -0.394 e. The third kappa shape index (κ3) is 4.47. The molecule has 0 spiro atoms. The smallest absolute Gasteiger partial charge is 0.223 e. The van der Waals surface area contributed by atoms with Gasteiger partial charge in [0.15, 0.2) is 0 Å². The Kier molecular flexibility index (Phi) is 6.55. The summed E-state index contributed by atoms with van der Waals surface area (Å²) in [5, 5.41) is 21.6. The molecule has 0 aliphatic carbocycles. The Balaban J connectivity index is 4.30. The summed E-state index contributed by atoms with van der Waals surface area (Å²) < 4.78 is 0. The van der Waals surface area contributed by atoms with E-state index in [-0.39, 0.29) is 25.2 Å². The lowest BCUT2D eigenvalue weighted by Gasteiger charge is -2.33. The molecule has 0 aromatic rings. The molecule has 0 saturated carbocycles. The second kappa shape index (κ2) is 6.83. The molecule has 16 heavy (non-hydrogen) atoms. The van der Waals surface area contributed by atoms with Crippen molar-refractivity contribution >= 4 is 5.91 Å². The molecule has 1 atom stereocenters. The maximum absolute atomic E-state index is 11.5. The number of hydrogen-bond acceptors (Lipinski definition) is 4. The van der Waals surface area contributed by atoms with E-state index in [1.807, 2.05) is 13.8 Å². The van der Waals surface area contributed by atoms with Crippen LogP contribution in [0.3, 0.4) is 0 Å². The molecule has 0 fully saturated rings. The highest BCUT2D eigenvalue weighted by atomic mass is 16.3. The number of hydrogen-bond donors (Lipinski definition) is 3. The predicted molar refractivity (Wildman–Crippen MR) is 63.1 cm³/mol. The molecular weight excluding hydrogens is 208 g/mol. The number of nitrogens with one attached hydrogen (secondary N) is 1. The van der Waals surface area contributed by atoms with Crippen LogP contribution in [0.4, 0.5) is 0 Å². The first kappa shape index (κ1) is 15.3. The SMILES string of the molecule is CCC(CO)(CO)NC(C)CC(=O)N(C)C. The van der Waals surface area contributed by atoms with Gasteiger partial charge < -0.3 is 20.4 Å². The summed E-state index contributed by atoms with van der Waals surface area (Å²) in [4.78, 5) is 13.0.